The predicted octanol–water partition coefficient (Wildman–Crippen LogP) is -4.23. The van der Waals surface area contributed by atoms with Crippen LogP contribution in [0.5, 0.6) is 0 Å². The van der Waals surface area contributed by atoms with Crippen LogP contribution in [-0.4, -0.2) is 26.7 Å². The van der Waals surface area contributed by atoms with Crippen LogP contribution in [0.2, 0.25) is 0 Å². The predicted molar refractivity (Wildman–Crippen MR) is 14.3 cm³/mol. The Balaban J connectivity index is -0.00000000333. The zero-order valence-electron chi connectivity index (χ0n) is 3.71. The Morgan fingerprint density at radius 3 is 1.00 bits per heavy atom. The third kappa shape index (κ3) is 216. The fourth-order valence-corrected chi connectivity index (χ4v) is 0. The van der Waals surface area contributed by atoms with Crippen molar-refractivity contribution in [2.24, 2.45) is 0 Å². The molecule has 0 radical (unpaired) electrons. The van der Waals surface area contributed by atoms with Gasteiger partial charge in [0.05, 0.1) is 0 Å². The van der Waals surface area contributed by atoms with Gasteiger partial charge in [0.1, 0.15) is 0 Å². The molecule has 0 saturated carbocycles. The fourth-order valence-electron chi connectivity index (χ4n) is 0. The Hall–Kier alpha value is 0.867. The topological polar surface area (TPSA) is 91.1 Å². The van der Waals surface area contributed by atoms with Crippen molar-refractivity contribution >= 4 is 26.7 Å². The van der Waals surface area contributed by atoms with E-state index in [1.165, 1.54) is 0 Å². The molecule has 0 aliphatic heterocycles. The minimum atomic E-state index is -1.42. The Bertz CT molecular complexity index is 32.7. The smallest absolute Gasteiger partial charge is 2.00 e. The summed E-state index contributed by atoms with van der Waals surface area (Å²) < 4.78 is 16.8. The molecule has 0 N–H and O–H groups in total. The third-order valence-electron chi connectivity index (χ3n) is 0. The van der Waals surface area contributed by atoms with Gasteiger partial charge < -0.3 is 11.0 Å². The van der Waals surface area contributed by atoms with Crippen molar-refractivity contribution in [2.75, 3.05) is 0 Å². The molecule has 0 aromatic carbocycles. The van der Waals surface area contributed by atoms with Crippen LogP contribution in [0, 0.1) is 0 Å². The second-order valence-electron chi connectivity index (χ2n) is 0.0833. The molecule has 0 fully saturated rings. The van der Waals surface area contributed by atoms with E-state index in [9.17, 15) is 0 Å². The average molecular weight is 126 g/mol. The molecule has 0 atom stereocenters. The maximum Gasteiger partial charge on any atom is 3.00 e. The van der Waals surface area contributed by atoms with Crippen LogP contribution in [0.1, 0.15) is 0 Å². The summed E-state index contributed by atoms with van der Waals surface area (Å²) in [7, 11) is -1.42. The van der Waals surface area contributed by atoms with Gasteiger partial charge in [0.2, 0.25) is 0 Å². The van der Waals surface area contributed by atoms with Crippen LogP contribution in [0.3, 0.4) is 0 Å². The summed E-state index contributed by atoms with van der Waals surface area (Å²) in [6, 6.07) is 0. The molecular weight excluding hydrogens is 126 g/mol. The van der Waals surface area contributed by atoms with E-state index in [1.807, 2.05) is 0 Å². The van der Waals surface area contributed by atoms with E-state index >= 15 is 0 Å². The summed E-state index contributed by atoms with van der Waals surface area (Å²) in [6.45, 7) is 0. The van der Waals surface area contributed by atoms with Crippen LogP contribution in [0.25, 0.3) is 0 Å². The molecule has 0 rings (SSSR count). The maximum absolute atomic E-state index is 8.40. The number of hydrogen-bond donors (Lipinski definition) is 0. The normalized spacial score (nSPS) is 1.14. The van der Waals surface area contributed by atoms with Crippen LogP contribution < -0.4 is 18.9 Å². The Labute approximate surface area is 65.5 Å². The summed E-state index contributed by atoms with van der Waals surface area (Å²) in [4.78, 5) is 0. The van der Waals surface area contributed by atoms with Gasteiger partial charge in [-0.1, -0.05) is 0 Å². The van der Waals surface area contributed by atoms with Crippen molar-refractivity contribution in [3.8, 4) is 0 Å². The summed E-state index contributed by atoms with van der Waals surface area (Å²) in [6.07, 6.45) is 0. The molecule has 7 heteroatoms. The van der Waals surface area contributed by atoms with Gasteiger partial charge in [-0.05, 0) is 0 Å². The van der Waals surface area contributed by atoms with E-state index in [4.69, 9.17) is 8.92 Å². The van der Waals surface area contributed by atoms with Crippen molar-refractivity contribution in [2.45, 2.75) is 0 Å². The first kappa shape index (κ1) is 45.1. The molecule has 0 amide bonds. The van der Waals surface area contributed by atoms with Gasteiger partial charge in [0.15, 0.2) is 0 Å². The quantitative estimate of drug-likeness (QED) is 0.307. The summed E-state index contributed by atoms with van der Waals surface area (Å²) in [5, 5.41) is 0. The van der Waals surface area contributed by atoms with Crippen molar-refractivity contribution < 1.29 is 38.7 Å². The second-order valence-corrected chi connectivity index (χ2v) is 0.250. The molecule has 0 heterocycles. The molecule has 4 nitrogen and oxygen atoms in total. The summed E-state index contributed by atoms with van der Waals surface area (Å²) >= 11 is 0. The van der Waals surface area contributed by atoms with Crippen LogP contribution in [0.15, 0.2) is 0 Å². The van der Waals surface area contributed by atoms with Crippen molar-refractivity contribution in [3.63, 3.8) is 0 Å². The van der Waals surface area contributed by atoms with Crippen molar-refractivity contribution in [1.29, 1.82) is 0 Å². The summed E-state index contributed by atoms with van der Waals surface area (Å²) in [5.74, 6) is 0. The molecule has 0 spiro atoms. The van der Waals surface area contributed by atoms with Gasteiger partial charge >= 0.3 is 45.5 Å². The van der Waals surface area contributed by atoms with E-state index in [0.29, 0.717) is 0 Å². The zero-order valence-corrected chi connectivity index (χ0v) is 5.87. The standard InChI is InChI=1S/Al.Li.O2Si.2O/c;;1-3-2;;/q+3;+1;;2*-2. The monoisotopic (exact) mass is 126 g/mol. The second kappa shape index (κ2) is 67.8. The molecule has 32 valence electrons. The van der Waals surface area contributed by atoms with Gasteiger partial charge in [0.25, 0.3) is 0 Å². The molecule has 0 aromatic rings. The Morgan fingerprint density at radius 2 is 1.00 bits per heavy atom. The van der Waals surface area contributed by atoms with Crippen LogP contribution in [-0.2, 0) is 19.9 Å². The third-order valence-corrected chi connectivity index (χ3v) is 0. The zero-order chi connectivity index (χ0) is 2.71. The molecular formula is AlLiO4Si. The Morgan fingerprint density at radius 1 is 1.00 bits per heavy atom. The summed E-state index contributed by atoms with van der Waals surface area (Å²) in [5.41, 5.74) is 0. The molecule has 0 aliphatic carbocycles. The minimum Gasteiger partial charge on any atom is -2.00 e. The van der Waals surface area contributed by atoms with Crippen LogP contribution >= 0.6 is 0 Å². The largest absolute Gasteiger partial charge is 3.00 e. The molecule has 0 unspecified atom stereocenters. The first-order valence-electron chi connectivity index (χ1n) is 0.408. The molecule has 0 saturated heterocycles. The van der Waals surface area contributed by atoms with E-state index < -0.39 is 9.29 Å². The van der Waals surface area contributed by atoms with E-state index in [-0.39, 0.29) is 47.2 Å². The fraction of sp³-hybridized carbons (Fsp3) is 0. The van der Waals surface area contributed by atoms with Crippen LogP contribution in [0.4, 0.5) is 0 Å². The van der Waals surface area contributed by atoms with Gasteiger partial charge in [-0.2, -0.15) is 0 Å². The Kier molecular flexibility index (Phi) is 437. The first-order valence-corrected chi connectivity index (χ1v) is 1.22. The molecule has 0 aromatic heterocycles. The maximum atomic E-state index is 8.40. The minimum absolute atomic E-state index is 0. The van der Waals surface area contributed by atoms with Crippen molar-refractivity contribution in [3.05, 3.63) is 0 Å². The number of hydrogen-bond acceptors (Lipinski definition) is 2. The SMILES string of the molecule is O=[Si]=O.[Al+3].[Li+].[O-2].[O-2]. The average Bonchev–Trinajstić information content (AvgIpc) is 0.918. The van der Waals surface area contributed by atoms with Gasteiger partial charge in [-0.25, -0.2) is 0 Å². The number of rotatable bonds is 0. The molecule has 0 aliphatic rings. The van der Waals surface area contributed by atoms with E-state index in [2.05, 4.69) is 0 Å². The van der Waals surface area contributed by atoms with Gasteiger partial charge in [-0.15, -0.1) is 0 Å². The first-order chi connectivity index (χ1) is 1.41. The molecule has 7 heavy (non-hydrogen) atoms. The molecule has 0 bridgehead atoms. The van der Waals surface area contributed by atoms with E-state index in [1.54, 1.807) is 0 Å². The van der Waals surface area contributed by atoms with Gasteiger partial charge in [-0.3, -0.25) is 8.92 Å². The van der Waals surface area contributed by atoms with Crippen molar-refractivity contribution in [1.82, 2.24) is 0 Å². The van der Waals surface area contributed by atoms with Gasteiger partial charge in [0, 0.05) is 0 Å². The van der Waals surface area contributed by atoms with E-state index in [0.717, 1.165) is 0 Å².